The van der Waals surface area contributed by atoms with E-state index in [1.165, 1.54) is 24.8 Å². The van der Waals surface area contributed by atoms with Crippen molar-refractivity contribution in [1.82, 2.24) is 14.8 Å². The van der Waals surface area contributed by atoms with Crippen molar-refractivity contribution in [2.45, 2.75) is 70.4 Å². The first-order valence-corrected chi connectivity index (χ1v) is 10.7. The van der Waals surface area contributed by atoms with E-state index in [0.717, 1.165) is 29.4 Å². The van der Waals surface area contributed by atoms with Gasteiger partial charge in [0.25, 0.3) is 0 Å². The SMILES string of the molecule is C[C@@H](CC(=O)Cc1cc2cnn(C3CCCCC3)c2c(CO)n1)c1ccccc1. The van der Waals surface area contributed by atoms with E-state index in [1.54, 1.807) is 0 Å². The summed E-state index contributed by atoms with van der Waals surface area (Å²) < 4.78 is 2.05. The Morgan fingerprint density at radius 1 is 1.21 bits per heavy atom. The number of aromatic nitrogens is 3. The normalized spacial score (nSPS) is 16.2. The lowest BCUT2D eigenvalue weighted by Crippen LogP contribution is -2.15. The Morgan fingerprint density at radius 3 is 2.69 bits per heavy atom. The molecule has 4 rings (SSSR count). The molecule has 1 N–H and O–H groups in total. The van der Waals surface area contributed by atoms with Gasteiger partial charge in [-0.25, -0.2) is 0 Å². The van der Waals surface area contributed by atoms with E-state index < -0.39 is 0 Å². The number of ketones is 1. The van der Waals surface area contributed by atoms with E-state index >= 15 is 0 Å². The largest absolute Gasteiger partial charge is 0.390 e. The predicted octanol–water partition coefficient (Wildman–Crippen LogP) is 4.73. The van der Waals surface area contributed by atoms with Gasteiger partial charge >= 0.3 is 0 Å². The van der Waals surface area contributed by atoms with Gasteiger partial charge in [0, 0.05) is 23.9 Å². The van der Waals surface area contributed by atoms with Crippen LogP contribution < -0.4 is 0 Å². The molecule has 0 spiro atoms. The van der Waals surface area contributed by atoms with Crippen LogP contribution in [0.4, 0.5) is 0 Å². The summed E-state index contributed by atoms with van der Waals surface area (Å²) in [6, 6.07) is 12.5. The fourth-order valence-corrected chi connectivity index (χ4v) is 4.54. The van der Waals surface area contributed by atoms with Gasteiger partial charge in [-0.1, -0.05) is 56.5 Å². The van der Waals surface area contributed by atoms with Crippen LogP contribution in [0.25, 0.3) is 10.9 Å². The van der Waals surface area contributed by atoms with Crippen molar-refractivity contribution in [2.75, 3.05) is 0 Å². The molecule has 1 aromatic carbocycles. The van der Waals surface area contributed by atoms with Crippen LogP contribution in [0, 0.1) is 0 Å². The number of aliphatic hydroxyl groups is 1. The first-order chi connectivity index (χ1) is 14.2. The molecule has 0 unspecified atom stereocenters. The highest BCUT2D eigenvalue weighted by Crippen LogP contribution is 2.31. The van der Waals surface area contributed by atoms with Crippen molar-refractivity contribution < 1.29 is 9.90 Å². The van der Waals surface area contributed by atoms with Crippen LogP contribution >= 0.6 is 0 Å². The molecule has 0 bridgehead atoms. The van der Waals surface area contributed by atoms with E-state index in [1.807, 2.05) is 30.5 Å². The smallest absolute Gasteiger partial charge is 0.139 e. The van der Waals surface area contributed by atoms with E-state index in [4.69, 9.17) is 0 Å². The summed E-state index contributed by atoms with van der Waals surface area (Å²) in [5.74, 6) is 0.343. The van der Waals surface area contributed by atoms with E-state index in [0.29, 0.717) is 18.2 Å². The van der Waals surface area contributed by atoms with Gasteiger partial charge in [0.05, 0.1) is 30.1 Å². The van der Waals surface area contributed by atoms with Crippen molar-refractivity contribution in [3.05, 3.63) is 59.5 Å². The number of carbonyl (C=O) groups excluding carboxylic acids is 1. The summed E-state index contributed by atoms with van der Waals surface area (Å²) in [7, 11) is 0. The molecule has 1 saturated carbocycles. The summed E-state index contributed by atoms with van der Waals surface area (Å²) in [4.78, 5) is 17.3. The molecule has 1 aliphatic carbocycles. The molecule has 0 amide bonds. The highest BCUT2D eigenvalue weighted by molar-refractivity contribution is 5.85. The summed E-state index contributed by atoms with van der Waals surface area (Å²) in [6.45, 7) is 1.94. The predicted molar refractivity (Wildman–Crippen MR) is 114 cm³/mol. The fourth-order valence-electron chi connectivity index (χ4n) is 4.54. The maximum Gasteiger partial charge on any atom is 0.139 e. The number of fused-ring (bicyclic) bond motifs is 1. The van der Waals surface area contributed by atoms with E-state index in [9.17, 15) is 9.90 Å². The molecule has 29 heavy (non-hydrogen) atoms. The lowest BCUT2D eigenvalue weighted by Gasteiger charge is -2.23. The number of pyridine rings is 1. The van der Waals surface area contributed by atoms with Crippen LogP contribution in [0.1, 0.15) is 74.4 Å². The Balaban J connectivity index is 1.53. The summed E-state index contributed by atoms with van der Waals surface area (Å²) in [5.41, 5.74) is 3.45. The Bertz CT molecular complexity index is 974. The minimum Gasteiger partial charge on any atom is -0.390 e. The molecular formula is C24H29N3O2. The van der Waals surface area contributed by atoms with Crippen LogP contribution in [-0.2, 0) is 17.8 Å². The maximum atomic E-state index is 12.7. The van der Waals surface area contributed by atoms with Gasteiger partial charge in [0.2, 0.25) is 0 Å². The Labute approximate surface area is 171 Å². The third-order valence-electron chi connectivity index (χ3n) is 6.05. The van der Waals surface area contributed by atoms with Crippen molar-refractivity contribution >= 4 is 16.7 Å². The van der Waals surface area contributed by atoms with Crippen molar-refractivity contribution in [1.29, 1.82) is 0 Å². The molecule has 0 saturated heterocycles. The fraction of sp³-hybridized carbons (Fsp3) is 0.458. The Hall–Kier alpha value is -2.53. The first-order valence-electron chi connectivity index (χ1n) is 10.7. The topological polar surface area (TPSA) is 68.0 Å². The van der Waals surface area contributed by atoms with Gasteiger partial charge in [0.15, 0.2) is 0 Å². The highest BCUT2D eigenvalue weighted by Gasteiger charge is 2.21. The minimum atomic E-state index is -0.142. The highest BCUT2D eigenvalue weighted by atomic mass is 16.3. The number of aliphatic hydroxyl groups excluding tert-OH is 1. The number of hydrogen-bond acceptors (Lipinski definition) is 4. The van der Waals surface area contributed by atoms with Gasteiger partial charge in [-0.3, -0.25) is 14.5 Å². The van der Waals surface area contributed by atoms with Crippen molar-refractivity contribution in [3.63, 3.8) is 0 Å². The van der Waals surface area contributed by atoms with E-state index in [2.05, 4.69) is 33.8 Å². The van der Waals surface area contributed by atoms with Crippen LogP contribution in [0.5, 0.6) is 0 Å². The molecule has 1 aliphatic rings. The number of benzene rings is 1. The number of nitrogens with zero attached hydrogens (tertiary/aromatic N) is 3. The second kappa shape index (κ2) is 8.87. The lowest BCUT2D eigenvalue weighted by atomic mass is 9.94. The zero-order valence-corrected chi connectivity index (χ0v) is 17.1. The molecule has 5 nitrogen and oxygen atoms in total. The zero-order valence-electron chi connectivity index (χ0n) is 17.1. The number of Topliss-reactive ketones (excluding diaryl/α,β-unsaturated/α-hetero) is 1. The van der Waals surface area contributed by atoms with Gasteiger partial charge in [-0.15, -0.1) is 0 Å². The summed E-state index contributed by atoms with van der Waals surface area (Å²) >= 11 is 0. The number of carbonyl (C=O) groups is 1. The second-order valence-electron chi connectivity index (χ2n) is 8.27. The van der Waals surface area contributed by atoms with Gasteiger partial charge in [0.1, 0.15) is 5.78 Å². The third-order valence-corrected chi connectivity index (χ3v) is 6.05. The molecule has 0 radical (unpaired) electrons. The number of rotatable bonds is 7. The summed E-state index contributed by atoms with van der Waals surface area (Å²) in [6.07, 6.45) is 8.60. The molecule has 1 atom stereocenters. The molecule has 152 valence electrons. The second-order valence-corrected chi connectivity index (χ2v) is 8.27. The van der Waals surface area contributed by atoms with E-state index in [-0.39, 0.29) is 24.7 Å². The van der Waals surface area contributed by atoms with Crippen molar-refractivity contribution in [2.24, 2.45) is 0 Å². The number of hydrogen-bond donors (Lipinski definition) is 1. The first kappa shape index (κ1) is 19.8. The zero-order chi connectivity index (χ0) is 20.2. The van der Waals surface area contributed by atoms with Crippen LogP contribution in [0.2, 0.25) is 0 Å². The van der Waals surface area contributed by atoms with Crippen LogP contribution in [0.15, 0.2) is 42.6 Å². The monoisotopic (exact) mass is 391 g/mol. The molecular weight excluding hydrogens is 362 g/mol. The Kier molecular flexibility index (Phi) is 6.05. The average molecular weight is 392 g/mol. The van der Waals surface area contributed by atoms with Gasteiger partial charge in [-0.2, -0.15) is 5.10 Å². The van der Waals surface area contributed by atoms with Gasteiger partial charge in [-0.05, 0) is 30.4 Å². The standard InChI is InChI=1S/C24H29N3O2/c1-17(18-8-4-2-5-9-18)12-22(29)14-20-13-19-15-25-27(21-10-6-3-7-11-21)24(19)23(16-28)26-20/h2,4-5,8-9,13,15,17,21,28H,3,6-7,10-12,14,16H2,1H3/t17-/m0/s1. The molecule has 5 heteroatoms. The molecule has 1 fully saturated rings. The van der Waals surface area contributed by atoms with Crippen LogP contribution in [-0.4, -0.2) is 25.7 Å². The molecule has 2 heterocycles. The maximum absolute atomic E-state index is 12.7. The molecule has 0 aliphatic heterocycles. The quantitative estimate of drug-likeness (QED) is 0.632. The summed E-state index contributed by atoms with van der Waals surface area (Å²) in [5, 5.41) is 15.5. The molecule has 2 aromatic heterocycles. The average Bonchev–Trinajstić information content (AvgIpc) is 3.18. The van der Waals surface area contributed by atoms with Gasteiger partial charge < -0.3 is 5.11 Å². The minimum absolute atomic E-state index is 0.142. The Morgan fingerprint density at radius 2 is 1.97 bits per heavy atom. The lowest BCUT2D eigenvalue weighted by molar-refractivity contribution is -0.118. The van der Waals surface area contributed by atoms with Crippen LogP contribution in [0.3, 0.4) is 0 Å². The van der Waals surface area contributed by atoms with Crippen molar-refractivity contribution in [3.8, 4) is 0 Å². The third kappa shape index (κ3) is 4.40. The molecule has 3 aromatic rings.